The monoisotopic (exact) mass is 449 g/mol. The number of rotatable bonds is 6. The Labute approximate surface area is 177 Å². The molecule has 158 valence electrons. The number of nitrogens with one attached hydrogen (secondary N) is 2. The van der Waals surface area contributed by atoms with Crippen LogP contribution in [0.3, 0.4) is 0 Å². The first-order valence-electron chi connectivity index (χ1n) is 9.29. The molecule has 0 aliphatic carbocycles. The lowest BCUT2D eigenvalue weighted by atomic mass is 10.2. The molecule has 1 unspecified atom stereocenters. The third-order valence-corrected chi connectivity index (χ3v) is 7.37. The average Bonchev–Trinajstić information content (AvgIpc) is 3.39. The van der Waals surface area contributed by atoms with E-state index in [9.17, 15) is 17.6 Å². The number of carbonyl (C=O) groups is 1. The van der Waals surface area contributed by atoms with Crippen LogP contribution in [0.25, 0.3) is 11.3 Å². The van der Waals surface area contributed by atoms with E-state index in [-0.39, 0.29) is 35.0 Å². The van der Waals surface area contributed by atoms with E-state index >= 15 is 0 Å². The lowest BCUT2D eigenvalue weighted by molar-refractivity contribution is -0.113. The number of nitrogens with zero attached hydrogens (tertiary/aromatic N) is 3. The number of anilines is 1. The smallest absolute Gasteiger partial charge is 0.235 e. The number of aromatic amines is 1. The second kappa shape index (κ2) is 8.23. The van der Waals surface area contributed by atoms with Crippen molar-refractivity contribution >= 4 is 33.3 Å². The molecule has 8 nitrogen and oxygen atoms in total. The van der Waals surface area contributed by atoms with E-state index in [0.717, 1.165) is 11.3 Å². The van der Waals surface area contributed by atoms with Crippen molar-refractivity contribution in [2.45, 2.75) is 24.5 Å². The number of imidazole rings is 1. The predicted molar refractivity (Wildman–Crippen MR) is 113 cm³/mol. The van der Waals surface area contributed by atoms with Crippen molar-refractivity contribution in [2.75, 3.05) is 22.6 Å². The molecule has 1 saturated heterocycles. The Morgan fingerprint density at radius 1 is 1.37 bits per heavy atom. The van der Waals surface area contributed by atoms with Gasteiger partial charge in [-0.25, -0.2) is 22.5 Å². The molecule has 1 aliphatic heterocycles. The first kappa shape index (κ1) is 20.6. The van der Waals surface area contributed by atoms with Gasteiger partial charge in [0.15, 0.2) is 15.0 Å². The minimum absolute atomic E-state index is 0.0320. The molecular formula is C19H20FN5O3S2. The van der Waals surface area contributed by atoms with E-state index in [1.807, 2.05) is 0 Å². The van der Waals surface area contributed by atoms with Crippen LogP contribution in [-0.4, -0.2) is 51.3 Å². The van der Waals surface area contributed by atoms with Crippen LogP contribution in [0.2, 0.25) is 0 Å². The average molecular weight is 450 g/mol. The number of H-pyrrole nitrogens is 1. The zero-order valence-corrected chi connectivity index (χ0v) is 17.8. The van der Waals surface area contributed by atoms with Gasteiger partial charge in [-0.2, -0.15) is 5.10 Å². The number of halogens is 1. The lowest BCUT2D eigenvalue weighted by Gasteiger charge is -2.13. The molecule has 30 heavy (non-hydrogen) atoms. The van der Waals surface area contributed by atoms with Gasteiger partial charge in [0.2, 0.25) is 5.91 Å². The van der Waals surface area contributed by atoms with Crippen LogP contribution >= 0.6 is 11.8 Å². The Bertz CT molecular complexity index is 1170. The molecule has 2 N–H and O–H groups in total. The van der Waals surface area contributed by atoms with Crippen LogP contribution in [0.4, 0.5) is 10.2 Å². The fourth-order valence-corrected chi connectivity index (χ4v) is 5.66. The maximum atomic E-state index is 13.1. The first-order valence-corrected chi connectivity index (χ1v) is 12.1. The van der Waals surface area contributed by atoms with Crippen LogP contribution in [0.15, 0.2) is 41.7 Å². The normalized spacial score (nSPS) is 17.9. The molecule has 0 radical (unpaired) electrons. The maximum absolute atomic E-state index is 13.1. The van der Waals surface area contributed by atoms with Gasteiger partial charge in [0, 0.05) is 6.07 Å². The van der Waals surface area contributed by atoms with E-state index in [4.69, 9.17) is 0 Å². The van der Waals surface area contributed by atoms with Gasteiger partial charge in [-0.3, -0.25) is 4.79 Å². The van der Waals surface area contributed by atoms with E-state index in [1.165, 1.54) is 23.9 Å². The number of hydrogen-bond acceptors (Lipinski definition) is 6. The van der Waals surface area contributed by atoms with E-state index < -0.39 is 9.84 Å². The minimum Gasteiger partial charge on any atom is -0.333 e. The van der Waals surface area contributed by atoms with Gasteiger partial charge in [0.1, 0.15) is 11.6 Å². The van der Waals surface area contributed by atoms with Gasteiger partial charge < -0.3 is 10.3 Å². The van der Waals surface area contributed by atoms with Crippen molar-refractivity contribution in [3.8, 4) is 11.3 Å². The highest BCUT2D eigenvalue weighted by atomic mass is 32.2. The first-order chi connectivity index (χ1) is 14.3. The largest absolute Gasteiger partial charge is 0.333 e. The number of amides is 1. The third kappa shape index (κ3) is 4.73. The van der Waals surface area contributed by atoms with Crippen molar-refractivity contribution in [3.05, 3.63) is 48.0 Å². The second-order valence-electron chi connectivity index (χ2n) is 7.12. The Balaban J connectivity index is 1.37. The summed E-state index contributed by atoms with van der Waals surface area (Å²) in [7, 11) is -3.06. The molecule has 1 atom stereocenters. The summed E-state index contributed by atoms with van der Waals surface area (Å²) >= 11 is 1.23. The number of benzene rings is 1. The number of hydrogen-bond donors (Lipinski definition) is 2. The standard InChI is InChI=1S/C19H20FN5O3S2/c1-12-8-17(25(24-12)15-6-7-30(27,28)11-15)23-18(26)10-29-19-21-9-16(22-19)13-2-4-14(20)5-3-13/h2-5,8-9,15H,6-7,10-11H2,1H3,(H,21,22)(H,23,26). The summed E-state index contributed by atoms with van der Waals surface area (Å²) in [5.74, 6) is 0.213. The molecule has 1 amide bonds. The molecule has 4 rings (SSSR count). The van der Waals surface area contributed by atoms with Gasteiger partial charge in [-0.1, -0.05) is 11.8 Å². The fraction of sp³-hybridized carbons (Fsp3) is 0.316. The summed E-state index contributed by atoms with van der Waals surface area (Å²) in [6.45, 7) is 1.80. The Kier molecular flexibility index (Phi) is 5.65. The summed E-state index contributed by atoms with van der Waals surface area (Å²) in [5, 5.41) is 7.74. The molecule has 11 heteroatoms. The van der Waals surface area contributed by atoms with Gasteiger partial charge in [0.05, 0.1) is 40.9 Å². The molecule has 0 spiro atoms. The van der Waals surface area contributed by atoms with Crippen LogP contribution in [0.5, 0.6) is 0 Å². The van der Waals surface area contributed by atoms with Gasteiger partial charge in [-0.15, -0.1) is 0 Å². The molecule has 0 bridgehead atoms. The SMILES string of the molecule is Cc1cc(NC(=O)CSc2ncc(-c3ccc(F)cc3)[nH]2)n(C2CCS(=O)(=O)C2)n1. The highest BCUT2D eigenvalue weighted by Crippen LogP contribution is 2.27. The second-order valence-corrected chi connectivity index (χ2v) is 10.3. The fourth-order valence-electron chi connectivity index (χ4n) is 3.32. The zero-order chi connectivity index (χ0) is 21.3. The summed E-state index contributed by atoms with van der Waals surface area (Å²) in [6, 6.07) is 7.50. The Morgan fingerprint density at radius 3 is 2.83 bits per heavy atom. The van der Waals surface area contributed by atoms with E-state index in [2.05, 4.69) is 20.4 Å². The molecule has 1 aliphatic rings. The maximum Gasteiger partial charge on any atom is 0.235 e. The van der Waals surface area contributed by atoms with Crippen molar-refractivity contribution < 1.29 is 17.6 Å². The topological polar surface area (TPSA) is 110 Å². The summed E-state index contributed by atoms with van der Waals surface area (Å²) in [6.07, 6.45) is 2.12. The molecule has 0 saturated carbocycles. The van der Waals surface area contributed by atoms with Crippen LogP contribution in [0, 0.1) is 12.7 Å². The van der Waals surface area contributed by atoms with Gasteiger partial charge >= 0.3 is 0 Å². The number of sulfone groups is 1. The van der Waals surface area contributed by atoms with Crippen LogP contribution in [-0.2, 0) is 14.6 Å². The van der Waals surface area contributed by atoms with E-state index in [1.54, 1.807) is 36.0 Å². The highest BCUT2D eigenvalue weighted by Gasteiger charge is 2.31. The van der Waals surface area contributed by atoms with Crippen LogP contribution in [0.1, 0.15) is 18.2 Å². The zero-order valence-electron chi connectivity index (χ0n) is 16.1. The third-order valence-electron chi connectivity index (χ3n) is 4.73. The molecule has 2 aromatic heterocycles. The Morgan fingerprint density at radius 2 is 2.13 bits per heavy atom. The number of aryl methyl sites for hydroxylation is 1. The Hall–Kier alpha value is -2.66. The van der Waals surface area contributed by atoms with Gasteiger partial charge in [-0.05, 0) is 43.2 Å². The number of thioether (sulfide) groups is 1. The molecule has 3 aromatic rings. The lowest BCUT2D eigenvalue weighted by Crippen LogP contribution is -2.20. The van der Waals surface area contributed by atoms with Crippen molar-refractivity contribution in [1.29, 1.82) is 0 Å². The molecule has 3 heterocycles. The van der Waals surface area contributed by atoms with Crippen molar-refractivity contribution in [3.63, 3.8) is 0 Å². The molecule has 1 aromatic carbocycles. The van der Waals surface area contributed by atoms with Crippen molar-refractivity contribution in [1.82, 2.24) is 19.7 Å². The molecule has 1 fully saturated rings. The quantitative estimate of drug-likeness (QED) is 0.560. The predicted octanol–water partition coefficient (Wildman–Crippen LogP) is 2.81. The number of aromatic nitrogens is 4. The van der Waals surface area contributed by atoms with Crippen LogP contribution < -0.4 is 5.32 Å². The van der Waals surface area contributed by atoms with Gasteiger partial charge in [0.25, 0.3) is 0 Å². The number of carbonyl (C=O) groups excluding carboxylic acids is 1. The van der Waals surface area contributed by atoms with E-state index in [0.29, 0.717) is 23.1 Å². The summed E-state index contributed by atoms with van der Waals surface area (Å²) in [4.78, 5) is 19.8. The van der Waals surface area contributed by atoms with Crippen molar-refractivity contribution in [2.24, 2.45) is 0 Å². The minimum atomic E-state index is -3.06. The highest BCUT2D eigenvalue weighted by molar-refractivity contribution is 7.99. The molecular weight excluding hydrogens is 429 g/mol. The summed E-state index contributed by atoms with van der Waals surface area (Å²) in [5.41, 5.74) is 2.23. The summed E-state index contributed by atoms with van der Waals surface area (Å²) < 4.78 is 38.2.